The van der Waals surface area contributed by atoms with Crippen molar-refractivity contribution >= 4 is 17.5 Å². The Morgan fingerprint density at radius 1 is 1.55 bits per heavy atom. The van der Waals surface area contributed by atoms with E-state index < -0.39 is 0 Å². The minimum Gasteiger partial charge on any atom is -0.342 e. The molecule has 0 spiro atoms. The van der Waals surface area contributed by atoms with E-state index in [4.69, 9.17) is 16.9 Å². The molecule has 1 heterocycles. The lowest BCUT2D eigenvalue weighted by molar-refractivity contribution is -0.132. The van der Waals surface area contributed by atoms with E-state index in [1.807, 2.05) is 24.2 Å². The van der Waals surface area contributed by atoms with Gasteiger partial charge in [-0.25, -0.2) is 0 Å². The standard InChI is InChI=1S/C17H22ClN3O/c1-20-10-13(7-15(20)9-19)11-21(16(22)8-18)12-17(5-2-6-17)14-3-4-14/h7,10,14H,2-6,8,11-12H2,1H3. The Kier molecular flexibility index (Phi) is 4.18. The van der Waals surface area contributed by atoms with Gasteiger partial charge in [0.15, 0.2) is 0 Å². The first kappa shape index (κ1) is 15.4. The minimum absolute atomic E-state index is 0.00375. The number of carbonyl (C=O) groups excluding carboxylic acids is 1. The van der Waals surface area contributed by atoms with Crippen LogP contribution in [-0.4, -0.2) is 27.8 Å². The van der Waals surface area contributed by atoms with Crippen molar-refractivity contribution in [3.63, 3.8) is 0 Å². The fourth-order valence-corrected chi connectivity index (χ4v) is 3.94. The average molecular weight is 320 g/mol. The summed E-state index contributed by atoms with van der Waals surface area (Å²) >= 11 is 5.81. The molecule has 2 saturated carbocycles. The topological polar surface area (TPSA) is 49.0 Å². The van der Waals surface area contributed by atoms with Crippen molar-refractivity contribution < 1.29 is 4.79 Å². The minimum atomic E-state index is -0.00375. The summed E-state index contributed by atoms with van der Waals surface area (Å²) in [5, 5.41) is 9.06. The van der Waals surface area contributed by atoms with E-state index in [9.17, 15) is 4.79 Å². The predicted octanol–water partition coefficient (Wildman–Crippen LogP) is 3.04. The number of aryl methyl sites for hydroxylation is 1. The Hall–Kier alpha value is -1.47. The van der Waals surface area contributed by atoms with Gasteiger partial charge in [-0.1, -0.05) is 6.42 Å². The number of rotatable bonds is 6. The molecule has 3 rings (SSSR count). The number of carbonyl (C=O) groups is 1. The average Bonchev–Trinajstić information content (AvgIpc) is 3.25. The lowest BCUT2D eigenvalue weighted by atomic mass is 9.65. The van der Waals surface area contributed by atoms with Crippen molar-refractivity contribution in [2.75, 3.05) is 12.4 Å². The zero-order valence-corrected chi connectivity index (χ0v) is 13.8. The number of hydrogen-bond donors (Lipinski definition) is 0. The summed E-state index contributed by atoms with van der Waals surface area (Å²) < 4.78 is 1.80. The molecule has 118 valence electrons. The first-order valence-corrected chi connectivity index (χ1v) is 8.50. The van der Waals surface area contributed by atoms with Gasteiger partial charge in [0.2, 0.25) is 5.91 Å². The second-order valence-corrected chi connectivity index (χ2v) is 7.10. The van der Waals surface area contributed by atoms with E-state index in [2.05, 4.69) is 6.07 Å². The lowest BCUT2D eigenvalue weighted by Gasteiger charge is -2.45. The predicted molar refractivity (Wildman–Crippen MR) is 85.3 cm³/mol. The van der Waals surface area contributed by atoms with Crippen LogP contribution in [0.3, 0.4) is 0 Å². The summed E-state index contributed by atoms with van der Waals surface area (Å²) in [5.74, 6) is 0.826. The summed E-state index contributed by atoms with van der Waals surface area (Å²) in [6.45, 7) is 1.37. The van der Waals surface area contributed by atoms with Gasteiger partial charge >= 0.3 is 0 Å². The molecule has 0 bridgehead atoms. The molecular weight excluding hydrogens is 298 g/mol. The molecule has 4 nitrogen and oxygen atoms in total. The second kappa shape index (κ2) is 5.96. The Labute approximate surface area is 136 Å². The number of nitrogens with zero attached hydrogens (tertiary/aromatic N) is 3. The van der Waals surface area contributed by atoms with E-state index in [1.54, 1.807) is 4.57 Å². The third kappa shape index (κ3) is 2.87. The maximum absolute atomic E-state index is 12.3. The molecule has 0 aromatic carbocycles. The SMILES string of the molecule is Cn1cc(CN(CC2(C3CC3)CCC2)C(=O)CCl)cc1C#N. The van der Waals surface area contributed by atoms with Crippen molar-refractivity contribution in [2.24, 2.45) is 18.4 Å². The maximum Gasteiger partial charge on any atom is 0.237 e. The zero-order chi connectivity index (χ0) is 15.7. The second-order valence-electron chi connectivity index (χ2n) is 6.83. The van der Waals surface area contributed by atoms with E-state index in [0.29, 0.717) is 17.7 Å². The van der Waals surface area contributed by atoms with E-state index >= 15 is 0 Å². The molecular formula is C17H22ClN3O. The maximum atomic E-state index is 12.3. The van der Waals surface area contributed by atoms with Gasteiger partial charge < -0.3 is 9.47 Å². The number of alkyl halides is 1. The molecule has 2 aliphatic carbocycles. The highest BCUT2D eigenvalue weighted by molar-refractivity contribution is 6.27. The summed E-state index contributed by atoms with van der Waals surface area (Å²) in [6, 6.07) is 4.02. The monoisotopic (exact) mass is 319 g/mol. The molecule has 0 unspecified atom stereocenters. The van der Waals surface area contributed by atoms with Crippen LogP contribution in [0, 0.1) is 22.7 Å². The van der Waals surface area contributed by atoms with Gasteiger partial charge in [0.05, 0.1) is 0 Å². The van der Waals surface area contributed by atoms with Crippen LogP contribution >= 0.6 is 11.6 Å². The van der Waals surface area contributed by atoms with Crippen LogP contribution in [0.1, 0.15) is 43.4 Å². The molecule has 0 atom stereocenters. The van der Waals surface area contributed by atoms with Gasteiger partial charge in [-0.3, -0.25) is 4.79 Å². The highest BCUT2D eigenvalue weighted by atomic mass is 35.5. The van der Waals surface area contributed by atoms with Gasteiger partial charge in [0.1, 0.15) is 17.6 Å². The molecule has 1 aromatic heterocycles. The van der Waals surface area contributed by atoms with Crippen molar-refractivity contribution in [1.82, 2.24) is 9.47 Å². The molecule has 1 aromatic rings. The first-order valence-electron chi connectivity index (χ1n) is 7.97. The van der Waals surface area contributed by atoms with Crippen LogP contribution in [-0.2, 0) is 18.4 Å². The Balaban J connectivity index is 1.75. The number of hydrogen-bond acceptors (Lipinski definition) is 2. The normalized spacial score (nSPS) is 19.3. The summed E-state index contributed by atoms with van der Waals surface area (Å²) in [6.07, 6.45) is 8.31. The van der Waals surface area contributed by atoms with Gasteiger partial charge in [-0.05, 0) is 48.6 Å². The molecule has 2 aliphatic rings. The Morgan fingerprint density at radius 3 is 2.73 bits per heavy atom. The zero-order valence-electron chi connectivity index (χ0n) is 13.0. The molecule has 0 saturated heterocycles. The number of nitriles is 1. The summed E-state index contributed by atoms with van der Waals surface area (Å²) in [5.41, 5.74) is 1.96. The van der Waals surface area contributed by atoms with Crippen LogP contribution in [0.5, 0.6) is 0 Å². The quantitative estimate of drug-likeness (QED) is 0.757. The van der Waals surface area contributed by atoms with Crippen LogP contribution in [0.15, 0.2) is 12.3 Å². The van der Waals surface area contributed by atoms with E-state index in [-0.39, 0.29) is 11.8 Å². The number of aromatic nitrogens is 1. The molecule has 2 fully saturated rings. The van der Waals surface area contributed by atoms with Crippen molar-refractivity contribution in [2.45, 2.75) is 38.6 Å². The van der Waals surface area contributed by atoms with Crippen LogP contribution in [0.4, 0.5) is 0 Å². The van der Waals surface area contributed by atoms with Gasteiger partial charge in [-0.15, -0.1) is 11.6 Å². The molecule has 0 N–H and O–H groups in total. The molecule has 22 heavy (non-hydrogen) atoms. The fourth-order valence-electron chi connectivity index (χ4n) is 3.77. The van der Waals surface area contributed by atoms with Crippen molar-refractivity contribution in [3.8, 4) is 6.07 Å². The lowest BCUT2D eigenvalue weighted by Crippen LogP contribution is -2.46. The molecule has 0 aliphatic heterocycles. The highest BCUT2D eigenvalue weighted by Crippen LogP contribution is 2.57. The fraction of sp³-hybridized carbons (Fsp3) is 0.647. The summed E-state index contributed by atoms with van der Waals surface area (Å²) in [4.78, 5) is 14.2. The number of amides is 1. The first-order chi connectivity index (χ1) is 10.6. The molecule has 5 heteroatoms. The van der Waals surface area contributed by atoms with Gasteiger partial charge in [0.25, 0.3) is 0 Å². The smallest absolute Gasteiger partial charge is 0.237 e. The molecule has 1 amide bonds. The van der Waals surface area contributed by atoms with Gasteiger partial charge in [0, 0.05) is 26.3 Å². The van der Waals surface area contributed by atoms with Crippen LogP contribution in [0.25, 0.3) is 0 Å². The Bertz CT molecular complexity index is 608. The number of halogens is 1. The molecule has 0 radical (unpaired) electrons. The van der Waals surface area contributed by atoms with Crippen LogP contribution < -0.4 is 0 Å². The summed E-state index contributed by atoms with van der Waals surface area (Å²) in [7, 11) is 1.85. The van der Waals surface area contributed by atoms with Crippen molar-refractivity contribution in [3.05, 3.63) is 23.5 Å². The largest absolute Gasteiger partial charge is 0.342 e. The third-order valence-corrected chi connectivity index (χ3v) is 5.54. The van der Waals surface area contributed by atoms with E-state index in [0.717, 1.165) is 18.0 Å². The third-order valence-electron chi connectivity index (χ3n) is 5.32. The van der Waals surface area contributed by atoms with Crippen LogP contribution in [0.2, 0.25) is 0 Å². The Morgan fingerprint density at radius 2 is 2.27 bits per heavy atom. The highest BCUT2D eigenvalue weighted by Gasteiger charge is 2.50. The van der Waals surface area contributed by atoms with Gasteiger partial charge in [-0.2, -0.15) is 5.26 Å². The van der Waals surface area contributed by atoms with Crippen molar-refractivity contribution in [1.29, 1.82) is 5.26 Å². The van der Waals surface area contributed by atoms with E-state index in [1.165, 1.54) is 32.1 Å².